The Morgan fingerprint density at radius 1 is 1.56 bits per heavy atom. The van der Waals surface area contributed by atoms with Crippen LogP contribution in [0, 0.1) is 0 Å². The van der Waals surface area contributed by atoms with Crippen LogP contribution in [0.5, 0.6) is 0 Å². The first-order valence-electron chi connectivity index (χ1n) is 4.70. The maximum absolute atomic E-state index is 12.3. The van der Waals surface area contributed by atoms with Gasteiger partial charge in [-0.3, -0.25) is 4.79 Å². The molecular formula is C10H9F2N3O. The molecule has 0 aliphatic rings. The highest BCUT2D eigenvalue weighted by molar-refractivity contribution is 6.03. The van der Waals surface area contributed by atoms with E-state index in [1.165, 1.54) is 13.1 Å². The molecule has 0 amide bonds. The Labute approximate surface area is 89.9 Å². The lowest BCUT2D eigenvalue weighted by Crippen LogP contribution is -2.09. The summed E-state index contributed by atoms with van der Waals surface area (Å²) >= 11 is 0. The molecule has 0 saturated heterocycles. The highest BCUT2D eigenvalue weighted by Crippen LogP contribution is 2.17. The van der Waals surface area contributed by atoms with Crippen LogP contribution in [-0.4, -0.2) is 27.0 Å². The smallest absolute Gasteiger partial charge is 0.258 e. The predicted octanol–water partition coefficient (Wildman–Crippen LogP) is 1.90. The Balaban J connectivity index is 2.62. The zero-order valence-electron chi connectivity index (χ0n) is 8.52. The lowest BCUT2D eigenvalue weighted by atomic mass is 10.2. The largest absolute Gasteiger partial charge is 0.293 e. The van der Waals surface area contributed by atoms with Gasteiger partial charge in [-0.15, -0.1) is 0 Å². The average Bonchev–Trinajstić information content (AvgIpc) is 2.57. The summed E-state index contributed by atoms with van der Waals surface area (Å²) in [7, 11) is 0. The average molecular weight is 225 g/mol. The standard InChI is InChI=1S/C10H9F2N3O/c1-6(16)9-7-3-2-4-13-10(7)15(14-9)5-8(11)12/h2-4,8H,5H2,1H3. The second kappa shape index (κ2) is 3.96. The Morgan fingerprint density at radius 2 is 2.31 bits per heavy atom. The number of alkyl halides is 2. The first-order valence-corrected chi connectivity index (χ1v) is 4.70. The van der Waals surface area contributed by atoms with E-state index in [0.717, 1.165) is 4.68 Å². The van der Waals surface area contributed by atoms with Gasteiger partial charge in [0.05, 0.1) is 5.39 Å². The van der Waals surface area contributed by atoms with Crippen molar-refractivity contribution in [2.45, 2.75) is 19.9 Å². The number of aromatic nitrogens is 3. The van der Waals surface area contributed by atoms with E-state index >= 15 is 0 Å². The molecule has 0 aliphatic heterocycles. The zero-order valence-corrected chi connectivity index (χ0v) is 8.52. The lowest BCUT2D eigenvalue weighted by molar-refractivity contribution is 0.100. The van der Waals surface area contributed by atoms with Gasteiger partial charge in [-0.1, -0.05) is 0 Å². The van der Waals surface area contributed by atoms with Gasteiger partial charge in [-0.2, -0.15) is 5.10 Å². The van der Waals surface area contributed by atoms with Gasteiger partial charge in [0.2, 0.25) is 0 Å². The highest BCUT2D eigenvalue weighted by atomic mass is 19.3. The number of halogens is 2. The molecule has 0 atom stereocenters. The monoisotopic (exact) mass is 225 g/mol. The van der Waals surface area contributed by atoms with E-state index in [1.807, 2.05) is 0 Å². The molecule has 0 aromatic carbocycles. The minimum atomic E-state index is -2.52. The number of carbonyl (C=O) groups excluding carboxylic acids is 1. The molecule has 2 rings (SSSR count). The second-order valence-corrected chi connectivity index (χ2v) is 3.35. The molecule has 0 bridgehead atoms. The molecule has 4 nitrogen and oxygen atoms in total. The number of carbonyl (C=O) groups is 1. The Bertz CT molecular complexity index is 536. The van der Waals surface area contributed by atoms with Crippen molar-refractivity contribution >= 4 is 16.8 Å². The molecule has 84 valence electrons. The molecule has 0 unspecified atom stereocenters. The van der Waals surface area contributed by atoms with E-state index in [4.69, 9.17) is 0 Å². The molecule has 0 aliphatic carbocycles. The van der Waals surface area contributed by atoms with E-state index in [-0.39, 0.29) is 11.5 Å². The number of hydrogen-bond acceptors (Lipinski definition) is 3. The van der Waals surface area contributed by atoms with Crippen LogP contribution in [0.1, 0.15) is 17.4 Å². The summed E-state index contributed by atoms with van der Waals surface area (Å²) in [6, 6.07) is 3.29. The van der Waals surface area contributed by atoms with Crippen molar-refractivity contribution in [2.24, 2.45) is 0 Å². The fourth-order valence-electron chi connectivity index (χ4n) is 1.53. The van der Waals surface area contributed by atoms with Crippen molar-refractivity contribution < 1.29 is 13.6 Å². The van der Waals surface area contributed by atoms with Crippen LogP contribution in [0.25, 0.3) is 11.0 Å². The number of ketones is 1. The fraction of sp³-hybridized carbons (Fsp3) is 0.300. The third-order valence-electron chi connectivity index (χ3n) is 2.15. The highest BCUT2D eigenvalue weighted by Gasteiger charge is 2.16. The normalized spacial score (nSPS) is 11.2. The van der Waals surface area contributed by atoms with Crippen LogP contribution >= 0.6 is 0 Å². The molecule has 2 aromatic heterocycles. The molecule has 16 heavy (non-hydrogen) atoms. The summed E-state index contributed by atoms with van der Waals surface area (Å²) in [6.07, 6.45) is -1.04. The Morgan fingerprint density at radius 3 is 2.94 bits per heavy atom. The van der Waals surface area contributed by atoms with E-state index in [1.54, 1.807) is 12.1 Å². The van der Waals surface area contributed by atoms with Gasteiger partial charge >= 0.3 is 0 Å². The maximum atomic E-state index is 12.3. The van der Waals surface area contributed by atoms with Crippen LogP contribution in [-0.2, 0) is 6.54 Å². The Hall–Kier alpha value is -1.85. The number of rotatable bonds is 3. The first-order chi connectivity index (χ1) is 7.59. The molecule has 0 N–H and O–H groups in total. The van der Waals surface area contributed by atoms with Crippen molar-refractivity contribution in [1.29, 1.82) is 0 Å². The van der Waals surface area contributed by atoms with Gasteiger partial charge in [-0.05, 0) is 12.1 Å². The number of fused-ring (bicyclic) bond motifs is 1. The number of Topliss-reactive ketones (excluding diaryl/α,β-unsaturated/α-hetero) is 1. The second-order valence-electron chi connectivity index (χ2n) is 3.35. The molecule has 0 saturated carbocycles. The van der Waals surface area contributed by atoms with Gasteiger partial charge in [0.25, 0.3) is 6.43 Å². The van der Waals surface area contributed by atoms with Gasteiger partial charge in [0.1, 0.15) is 12.2 Å². The minimum Gasteiger partial charge on any atom is -0.293 e. The van der Waals surface area contributed by atoms with Crippen LogP contribution in [0.2, 0.25) is 0 Å². The van der Waals surface area contributed by atoms with Gasteiger partial charge in [0, 0.05) is 13.1 Å². The van der Waals surface area contributed by atoms with Crippen LogP contribution in [0.15, 0.2) is 18.3 Å². The van der Waals surface area contributed by atoms with Crippen molar-refractivity contribution in [3.05, 3.63) is 24.0 Å². The molecule has 6 heteroatoms. The molecular weight excluding hydrogens is 216 g/mol. The topological polar surface area (TPSA) is 47.8 Å². The van der Waals surface area contributed by atoms with E-state index in [2.05, 4.69) is 10.1 Å². The summed E-state index contributed by atoms with van der Waals surface area (Å²) in [5.41, 5.74) is 0.497. The number of pyridine rings is 1. The summed E-state index contributed by atoms with van der Waals surface area (Å²) < 4.78 is 25.6. The van der Waals surface area contributed by atoms with Gasteiger partial charge in [0.15, 0.2) is 11.4 Å². The van der Waals surface area contributed by atoms with Crippen molar-refractivity contribution in [2.75, 3.05) is 0 Å². The van der Waals surface area contributed by atoms with Gasteiger partial charge < -0.3 is 0 Å². The molecule has 2 heterocycles. The van der Waals surface area contributed by atoms with Crippen molar-refractivity contribution in [3.8, 4) is 0 Å². The maximum Gasteiger partial charge on any atom is 0.258 e. The van der Waals surface area contributed by atoms with Crippen molar-refractivity contribution in [1.82, 2.24) is 14.8 Å². The summed E-state index contributed by atoms with van der Waals surface area (Å²) in [4.78, 5) is 15.2. The third kappa shape index (κ3) is 1.78. The minimum absolute atomic E-state index is 0.184. The zero-order chi connectivity index (χ0) is 11.7. The van der Waals surface area contributed by atoms with E-state index in [9.17, 15) is 13.6 Å². The van der Waals surface area contributed by atoms with Crippen LogP contribution in [0.3, 0.4) is 0 Å². The molecule has 2 aromatic rings. The summed E-state index contributed by atoms with van der Waals surface area (Å²) in [6.45, 7) is 0.794. The fourth-order valence-corrected chi connectivity index (χ4v) is 1.53. The number of nitrogens with zero attached hydrogens (tertiary/aromatic N) is 3. The van der Waals surface area contributed by atoms with Crippen molar-refractivity contribution in [3.63, 3.8) is 0 Å². The third-order valence-corrected chi connectivity index (χ3v) is 2.15. The quantitative estimate of drug-likeness (QED) is 0.749. The molecule has 0 fully saturated rings. The van der Waals surface area contributed by atoms with E-state index in [0.29, 0.717) is 11.0 Å². The number of hydrogen-bond donors (Lipinski definition) is 0. The van der Waals surface area contributed by atoms with Crippen LogP contribution < -0.4 is 0 Å². The lowest BCUT2D eigenvalue weighted by Gasteiger charge is -1.99. The van der Waals surface area contributed by atoms with Crippen LogP contribution in [0.4, 0.5) is 8.78 Å². The summed E-state index contributed by atoms with van der Waals surface area (Å²) in [5, 5.41) is 4.36. The SMILES string of the molecule is CC(=O)c1nn(CC(F)F)c2ncccc12. The summed E-state index contributed by atoms with van der Waals surface area (Å²) in [5.74, 6) is -0.258. The molecule has 0 radical (unpaired) electrons. The molecule has 0 spiro atoms. The first kappa shape index (κ1) is 10.7. The van der Waals surface area contributed by atoms with E-state index < -0.39 is 13.0 Å². The predicted molar refractivity (Wildman–Crippen MR) is 53.5 cm³/mol. The van der Waals surface area contributed by atoms with Gasteiger partial charge in [-0.25, -0.2) is 18.4 Å². The Kier molecular flexibility index (Phi) is 2.64.